The quantitative estimate of drug-likeness (QED) is 0.861. The van der Waals surface area contributed by atoms with Gasteiger partial charge in [-0.1, -0.05) is 6.92 Å². The van der Waals surface area contributed by atoms with E-state index in [4.69, 9.17) is 5.11 Å². The number of rotatable bonds is 6. The van der Waals surface area contributed by atoms with Gasteiger partial charge in [0.2, 0.25) is 0 Å². The molecule has 1 aromatic heterocycles. The van der Waals surface area contributed by atoms with E-state index in [1.54, 1.807) is 0 Å². The minimum Gasteiger partial charge on any atom is -0.396 e. The maximum Gasteiger partial charge on any atom is 0.0544 e. The summed E-state index contributed by atoms with van der Waals surface area (Å²) in [6.07, 6.45) is 2.64. The molecule has 4 heteroatoms. The molecule has 0 saturated carbocycles. The van der Waals surface area contributed by atoms with Gasteiger partial charge in [0, 0.05) is 30.4 Å². The number of aliphatic hydroxyl groups excluding tert-OH is 1. The first-order valence-electron chi connectivity index (χ1n) is 5.20. The molecule has 1 aromatic rings. The summed E-state index contributed by atoms with van der Waals surface area (Å²) in [6, 6.07) is 4.02. The van der Waals surface area contributed by atoms with Gasteiger partial charge < -0.3 is 5.11 Å². The first-order valence-corrected chi connectivity index (χ1v) is 5.99. The lowest BCUT2D eigenvalue weighted by molar-refractivity contribution is 0.224. The first kappa shape index (κ1) is 12.6. The number of nitrogens with zero attached hydrogens (tertiary/aromatic N) is 2. The van der Waals surface area contributed by atoms with E-state index in [-0.39, 0.29) is 6.61 Å². The molecule has 0 aliphatic carbocycles. The Kier molecular flexibility index (Phi) is 5.83. The van der Waals surface area contributed by atoms with Crippen LogP contribution in [0.1, 0.15) is 19.0 Å². The third-order valence-corrected chi connectivity index (χ3v) is 2.72. The highest BCUT2D eigenvalue weighted by Gasteiger charge is 2.03. The van der Waals surface area contributed by atoms with Crippen LogP contribution in [0.4, 0.5) is 0 Å². The standard InChI is InChI=1S/C11H17BrN2O/c1-2-14(6-3-7-15)9-11-5-4-10(12)8-13-11/h4-5,8,15H,2-3,6-7,9H2,1H3. The second kappa shape index (κ2) is 6.93. The molecule has 0 aliphatic rings. The Labute approximate surface area is 99.3 Å². The summed E-state index contributed by atoms with van der Waals surface area (Å²) >= 11 is 3.36. The molecule has 3 nitrogen and oxygen atoms in total. The molecule has 15 heavy (non-hydrogen) atoms. The van der Waals surface area contributed by atoms with Crippen LogP contribution in [0.15, 0.2) is 22.8 Å². The van der Waals surface area contributed by atoms with Gasteiger partial charge in [-0.3, -0.25) is 9.88 Å². The maximum atomic E-state index is 8.76. The van der Waals surface area contributed by atoms with Crippen LogP contribution in [0.5, 0.6) is 0 Å². The molecule has 0 saturated heterocycles. The molecule has 1 N–H and O–H groups in total. The third-order valence-electron chi connectivity index (χ3n) is 2.25. The van der Waals surface area contributed by atoms with E-state index in [9.17, 15) is 0 Å². The van der Waals surface area contributed by atoms with Gasteiger partial charge in [-0.25, -0.2) is 0 Å². The third kappa shape index (κ3) is 4.73. The van der Waals surface area contributed by atoms with Crippen molar-refractivity contribution in [2.45, 2.75) is 19.9 Å². The van der Waals surface area contributed by atoms with E-state index in [2.05, 4.69) is 32.7 Å². The zero-order valence-corrected chi connectivity index (χ0v) is 10.6. The highest BCUT2D eigenvalue weighted by Crippen LogP contribution is 2.09. The highest BCUT2D eigenvalue weighted by atomic mass is 79.9. The maximum absolute atomic E-state index is 8.76. The van der Waals surface area contributed by atoms with E-state index < -0.39 is 0 Å². The summed E-state index contributed by atoms with van der Waals surface area (Å²) in [5.41, 5.74) is 1.07. The predicted molar refractivity (Wildman–Crippen MR) is 64.6 cm³/mol. The minimum atomic E-state index is 0.254. The van der Waals surface area contributed by atoms with Gasteiger partial charge in [-0.15, -0.1) is 0 Å². The summed E-state index contributed by atoms with van der Waals surface area (Å²) in [7, 11) is 0. The number of hydrogen-bond acceptors (Lipinski definition) is 3. The molecule has 0 unspecified atom stereocenters. The van der Waals surface area contributed by atoms with E-state index in [1.807, 2.05) is 18.3 Å². The molecule has 0 aliphatic heterocycles. The van der Waals surface area contributed by atoms with Gasteiger partial charge in [-0.05, 0) is 41.0 Å². The lowest BCUT2D eigenvalue weighted by Gasteiger charge is -2.19. The van der Waals surface area contributed by atoms with Gasteiger partial charge in [0.1, 0.15) is 0 Å². The molecule has 0 bridgehead atoms. The zero-order chi connectivity index (χ0) is 11.1. The van der Waals surface area contributed by atoms with Crippen LogP contribution in [0, 0.1) is 0 Å². The van der Waals surface area contributed by atoms with Crippen LogP contribution in [-0.2, 0) is 6.54 Å². The number of aromatic nitrogens is 1. The Hall–Kier alpha value is -0.450. The van der Waals surface area contributed by atoms with E-state index in [0.717, 1.165) is 36.2 Å². The Bertz CT molecular complexity index is 276. The highest BCUT2D eigenvalue weighted by molar-refractivity contribution is 9.10. The fourth-order valence-electron chi connectivity index (χ4n) is 1.37. The van der Waals surface area contributed by atoms with Crippen LogP contribution in [0.3, 0.4) is 0 Å². The fourth-order valence-corrected chi connectivity index (χ4v) is 1.61. The van der Waals surface area contributed by atoms with Gasteiger partial charge in [-0.2, -0.15) is 0 Å². The van der Waals surface area contributed by atoms with E-state index in [1.165, 1.54) is 0 Å². The van der Waals surface area contributed by atoms with Crippen molar-refractivity contribution in [1.29, 1.82) is 0 Å². The predicted octanol–water partition coefficient (Wildman–Crippen LogP) is 2.05. The Balaban J connectivity index is 2.47. The number of halogens is 1. The van der Waals surface area contributed by atoms with Crippen molar-refractivity contribution in [3.63, 3.8) is 0 Å². The smallest absolute Gasteiger partial charge is 0.0544 e. The molecule has 0 atom stereocenters. The van der Waals surface area contributed by atoms with Crippen molar-refractivity contribution in [2.75, 3.05) is 19.7 Å². The number of hydrogen-bond donors (Lipinski definition) is 1. The largest absolute Gasteiger partial charge is 0.396 e. The average molecular weight is 273 g/mol. The van der Waals surface area contributed by atoms with E-state index >= 15 is 0 Å². The first-order chi connectivity index (χ1) is 7.26. The Morgan fingerprint density at radius 2 is 2.27 bits per heavy atom. The number of pyridine rings is 1. The van der Waals surface area contributed by atoms with Crippen molar-refractivity contribution in [3.8, 4) is 0 Å². The van der Waals surface area contributed by atoms with Crippen molar-refractivity contribution < 1.29 is 5.11 Å². The van der Waals surface area contributed by atoms with Gasteiger partial charge >= 0.3 is 0 Å². The summed E-state index contributed by atoms with van der Waals surface area (Å²) in [6.45, 7) is 5.13. The Morgan fingerprint density at radius 1 is 1.47 bits per heavy atom. The number of aliphatic hydroxyl groups is 1. The molecule has 1 heterocycles. The van der Waals surface area contributed by atoms with Gasteiger partial charge in [0.15, 0.2) is 0 Å². The van der Waals surface area contributed by atoms with Crippen LogP contribution in [0.25, 0.3) is 0 Å². The van der Waals surface area contributed by atoms with Crippen LogP contribution >= 0.6 is 15.9 Å². The fraction of sp³-hybridized carbons (Fsp3) is 0.545. The van der Waals surface area contributed by atoms with Gasteiger partial charge in [0.25, 0.3) is 0 Å². The van der Waals surface area contributed by atoms with Crippen molar-refractivity contribution in [3.05, 3.63) is 28.5 Å². The van der Waals surface area contributed by atoms with Crippen LogP contribution < -0.4 is 0 Å². The summed E-state index contributed by atoms with van der Waals surface area (Å²) in [4.78, 5) is 6.59. The second-order valence-corrected chi connectivity index (χ2v) is 4.33. The van der Waals surface area contributed by atoms with E-state index in [0.29, 0.717) is 0 Å². The molecule has 0 radical (unpaired) electrons. The normalized spacial score (nSPS) is 10.9. The summed E-state index contributed by atoms with van der Waals surface area (Å²) in [5, 5.41) is 8.76. The molecule has 1 rings (SSSR count). The molecular weight excluding hydrogens is 256 g/mol. The Morgan fingerprint density at radius 3 is 2.80 bits per heavy atom. The van der Waals surface area contributed by atoms with Crippen molar-refractivity contribution in [2.24, 2.45) is 0 Å². The van der Waals surface area contributed by atoms with Crippen molar-refractivity contribution >= 4 is 15.9 Å². The molecule has 0 fully saturated rings. The SMILES string of the molecule is CCN(CCCO)Cc1ccc(Br)cn1. The lowest BCUT2D eigenvalue weighted by atomic mass is 10.3. The molecular formula is C11H17BrN2O. The zero-order valence-electron chi connectivity index (χ0n) is 8.99. The molecule has 0 spiro atoms. The second-order valence-electron chi connectivity index (χ2n) is 3.41. The lowest BCUT2D eigenvalue weighted by Crippen LogP contribution is -2.25. The van der Waals surface area contributed by atoms with Gasteiger partial charge in [0.05, 0.1) is 5.69 Å². The van der Waals surface area contributed by atoms with Crippen molar-refractivity contribution in [1.82, 2.24) is 9.88 Å². The van der Waals surface area contributed by atoms with Crippen LogP contribution in [-0.4, -0.2) is 34.7 Å². The monoisotopic (exact) mass is 272 g/mol. The minimum absolute atomic E-state index is 0.254. The summed E-state index contributed by atoms with van der Waals surface area (Å²) < 4.78 is 1.00. The average Bonchev–Trinajstić information content (AvgIpc) is 2.27. The molecule has 84 valence electrons. The van der Waals surface area contributed by atoms with Crippen LogP contribution in [0.2, 0.25) is 0 Å². The summed E-state index contributed by atoms with van der Waals surface area (Å²) in [5.74, 6) is 0. The molecule has 0 amide bonds. The topological polar surface area (TPSA) is 36.4 Å². The molecule has 0 aromatic carbocycles.